The molecule has 2 atom stereocenters. The molecule has 152 valence electrons. The average Bonchev–Trinajstić information content (AvgIpc) is 3.20. The molecule has 2 aromatic heterocycles. The minimum absolute atomic E-state index is 0.0208. The van der Waals surface area contributed by atoms with Crippen LogP contribution in [0.5, 0.6) is 0 Å². The number of nitrogens with zero attached hydrogens (tertiary/aromatic N) is 1. The first-order valence-corrected chi connectivity index (χ1v) is 10.2. The standard InChI is InChI=1S/C25H26N4O/c1-18(19-9-3-2-4-10-19)29-25(30)24(28-17-21-11-7-8-14-26-21)15-20-16-27-23-13-6-5-12-22(20)23/h2-14,16,18,24,27-28H,15,17H2,1H3,(H,29,30). The van der Waals surface area contributed by atoms with Gasteiger partial charge in [0, 0.05) is 29.8 Å². The molecule has 2 unspecified atom stereocenters. The lowest BCUT2D eigenvalue weighted by Crippen LogP contribution is -2.46. The quantitative estimate of drug-likeness (QED) is 0.418. The lowest BCUT2D eigenvalue weighted by atomic mass is 10.0. The van der Waals surface area contributed by atoms with Crippen LogP contribution in [-0.2, 0) is 17.8 Å². The number of hydrogen-bond donors (Lipinski definition) is 3. The first kappa shape index (κ1) is 19.9. The highest BCUT2D eigenvalue weighted by atomic mass is 16.2. The molecule has 1 amide bonds. The molecule has 0 fully saturated rings. The molecule has 3 N–H and O–H groups in total. The number of fused-ring (bicyclic) bond motifs is 1. The average molecular weight is 399 g/mol. The number of amides is 1. The Labute approximate surface area is 176 Å². The van der Waals surface area contributed by atoms with Gasteiger partial charge in [-0.3, -0.25) is 15.1 Å². The molecule has 5 nitrogen and oxygen atoms in total. The predicted octanol–water partition coefficient (Wildman–Crippen LogP) is 4.14. The van der Waals surface area contributed by atoms with Crippen molar-refractivity contribution in [3.05, 3.63) is 102 Å². The molecule has 5 heteroatoms. The van der Waals surface area contributed by atoms with Crippen LogP contribution in [0.15, 0.2) is 85.2 Å². The zero-order valence-corrected chi connectivity index (χ0v) is 17.0. The number of H-pyrrole nitrogens is 1. The highest BCUT2D eigenvalue weighted by molar-refractivity contribution is 5.86. The number of aromatic amines is 1. The van der Waals surface area contributed by atoms with Crippen LogP contribution in [0.25, 0.3) is 10.9 Å². The molecule has 2 aromatic carbocycles. The van der Waals surface area contributed by atoms with E-state index in [0.717, 1.165) is 27.7 Å². The lowest BCUT2D eigenvalue weighted by molar-refractivity contribution is -0.123. The van der Waals surface area contributed by atoms with Gasteiger partial charge in [0.2, 0.25) is 5.91 Å². The first-order chi connectivity index (χ1) is 14.7. The van der Waals surface area contributed by atoms with Gasteiger partial charge < -0.3 is 10.3 Å². The van der Waals surface area contributed by atoms with Crippen LogP contribution in [0.3, 0.4) is 0 Å². The maximum atomic E-state index is 13.2. The van der Waals surface area contributed by atoms with Crippen molar-refractivity contribution in [1.29, 1.82) is 0 Å². The summed E-state index contributed by atoms with van der Waals surface area (Å²) >= 11 is 0. The summed E-state index contributed by atoms with van der Waals surface area (Å²) in [5, 5.41) is 7.71. The van der Waals surface area contributed by atoms with Gasteiger partial charge in [-0.2, -0.15) is 0 Å². The summed E-state index contributed by atoms with van der Waals surface area (Å²) in [6.07, 6.45) is 4.35. The van der Waals surface area contributed by atoms with Gasteiger partial charge in [-0.1, -0.05) is 54.6 Å². The minimum Gasteiger partial charge on any atom is -0.361 e. The summed E-state index contributed by atoms with van der Waals surface area (Å²) in [7, 11) is 0. The summed E-state index contributed by atoms with van der Waals surface area (Å²) < 4.78 is 0. The molecule has 0 saturated heterocycles. The zero-order chi connectivity index (χ0) is 20.8. The molecular formula is C25H26N4O. The maximum Gasteiger partial charge on any atom is 0.237 e. The van der Waals surface area contributed by atoms with Crippen molar-refractivity contribution in [2.24, 2.45) is 0 Å². The minimum atomic E-state index is -0.377. The normalized spacial score (nSPS) is 13.1. The molecule has 2 heterocycles. The van der Waals surface area contributed by atoms with E-state index in [1.807, 2.05) is 79.9 Å². The molecule has 0 aliphatic rings. The fraction of sp³-hybridized carbons (Fsp3) is 0.200. The van der Waals surface area contributed by atoms with E-state index < -0.39 is 0 Å². The SMILES string of the molecule is CC(NC(=O)C(Cc1c[nH]c2ccccc12)NCc1ccccn1)c1ccccc1. The molecule has 4 aromatic rings. The van der Waals surface area contributed by atoms with E-state index in [1.54, 1.807) is 6.20 Å². The van der Waals surface area contributed by atoms with Gasteiger partial charge in [0.25, 0.3) is 0 Å². The van der Waals surface area contributed by atoms with Crippen molar-refractivity contribution in [3.8, 4) is 0 Å². The van der Waals surface area contributed by atoms with Gasteiger partial charge in [-0.25, -0.2) is 0 Å². The van der Waals surface area contributed by atoms with Gasteiger partial charge in [0.1, 0.15) is 0 Å². The van der Waals surface area contributed by atoms with Crippen LogP contribution >= 0.6 is 0 Å². The third-order valence-corrected chi connectivity index (χ3v) is 5.33. The van der Waals surface area contributed by atoms with Crippen LogP contribution in [-0.4, -0.2) is 21.9 Å². The molecule has 0 bridgehead atoms. The third kappa shape index (κ3) is 4.75. The van der Waals surface area contributed by atoms with Crippen LogP contribution in [0.2, 0.25) is 0 Å². The van der Waals surface area contributed by atoms with Crippen LogP contribution < -0.4 is 10.6 Å². The summed E-state index contributed by atoms with van der Waals surface area (Å²) in [4.78, 5) is 20.9. The van der Waals surface area contributed by atoms with Crippen LogP contribution in [0, 0.1) is 0 Å². The molecule has 4 rings (SSSR count). The van der Waals surface area contributed by atoms with E-state index in [2.05, 4.69) is 26.7 Å². The molecule has 0 radical (unpaired) electrons. The number of rotatable bonds is 8. The number of benzene rings is 2. The Balaban J connectivity index is 1.52. The molecule has 30 heavy (non-hydrogen) atoms. The van der Waals surface area contributed by atoms with Crippen molar-refractivity contribution < 1.29 is 4.79 Å². The summed E-state index contributed by atoms with van der Waals surface area (Å²) in [5.41, 5.74) is 4.19. The molecule has 0 aliphatic carbocycles. The number of para-hydroxylation sites is 1. The Morgan fingerprint density at radius 2 is 1.77 bits per heavy atom. The van der Waals surface area contributed by atoms with E-state index in [4.69, 9.17) is 0 Å². The van der Waals surface area contributed by atoms with Crippen molar-refractivity contribution in [3.63, 3.8) is 0 Å². The van der Waals surface area contributed by atoms with Gasteiger partial charge >= 0.3 is 0 Å². The second kappa shape index (κ2) is 9.37. The Kier molecular flexibility index (Phi) is 6.20. The highest BCUT2D eigenvalue weighted by Crippen LogP contribution is 2.20. The van der Waals surface area contributed by atoms with Crippen molar-refractivity contribution >= 4 is 16.8 Å². The number of aromatic nitrogens is 2. The molecule has 0 saturated carbocycles. The Bertz CT molecular complexity index is 1090. The summed E-state index contributed by atoms with van der Waals surface area (Å²) in [6, 6.07) is 23.5. The smallest absolute Gasteiger partial charge is 0.237 e. The first-order valence-electron chi connectivity index (χ1n) is 10.2. The predicted molar refractivity (Wildman–Crippen MR) is 120 cm³/mol. The Hall–Kier alpha value is -3.44. The number of pyridine rings is 1. The van der Waals surface area contributed by atoms with Crippen molar-refractivity contribution in [2.75, 3.05) is 0 Å². The molecular weight excluding hydrogens is 372 g/mol. The number of carbonyl (C=O) groups is 1. The monoisotopic (exact) mass is 398 g/mol. The van der Waals surface area contributed by atoms with Gasteiger partial charge in [-0.15, -0.1) is 0 Å². The van der Waals surface area contributed by atoms with E-state index in [1.165, 1.54) is 0 Å². The number of carbonyl (C=O) groups excluding carboxylic acids is 1. The maximum absolute atomic E-state index is 13.2. The van der Waals surface area contributed by atoms with Gasteiger partial charge in [-0.05, 0) is 42.7 Å². The van der Waals surface area contributed by atoms with Crippen LogP contribution in [0.4, 0.5) is 0 Å². The number of hydrogen-bond acceptors (Lipinski definition) is 3. The molecule has 0 aliphatic heterocycles. The lowest BCUT2D eigenvalue weighted by Gasteiger charge is -2.21. The summed E-state index contributed by atoms with van der Waals surface area (Å²) in [6.45, 7) is 2.54. The third-order valence-electron chi connectivity index (χ3n) is 5.33. The van der Waals surface area contributed by atoms with Crippen molar-refractivity contribution in [1.82, 2.24) is 20.6 Å². The highest BCUT2D eigenvalue weighted by Gasteiger charge is 2.22. The van der Waals surface area contributed by atoms with Gasteiger partial charge in [0.05, 0.1) is 17.8 Å². The topological polar surface area (TPSA) is 69.8 Å². The second-order valence-corrected chi connectivity index (χ2v) is 7.46. The van der Waals surface area contributed by atoms with E-state index in [9.17, 15) is 4.79 Å². The van der Waals surface area contributed by atoms with Crippen LogP contribution in [0.1, 0.15) is 29.8 Å². The summed E-state index contributed by atoms with van der Waals surface area (Å²) in [5.74, 6) is -0.0208. The van der Waals surface area contributed by atoms with Gasteiger partial charge in [0.15, 0.2) is 0 Å². The number of nitrogens with one attached hydrogen (secondary N) is 3. The largest absolute Gasteiger partial charge is 0.361 e. The fourth-order valence-corrected chi connectivity index (χ4v) is 3.65. The molecule has 0 spiro atoms. The zero-order valence-electron chi connectivity index (χ0n) is 17.0. The van der Waals surface area contributed by atoms with Crippen molar-refractivity contribution in [2.45, 2.75) is 32.0 Å². The van der Waals surface area contributed by atoms with E-state index >= 15 is 0 Å². The second-order valence-electron chi connectivity index (χ2n) is 7.46. The van der Waals surface area contributed by atoms with E-state index in [-0.39, 0.29) is 18.0 Å². The Morgan fingerprint density at radius 3 is 2.57 bits per heavy atom. The fourth-order valence-electron chi connectivity index (χ4n) is 3.65. The van der Waals surface area contributed by atoms with E-state index in [0.29, 0.717) is 13.0 Å². The Morgan fingerprint density at radius 1 is 1.00 bits per heavy atom.